The van der Waals surface area contributed by atoms with Gasteiger partial charge in [0.2, 0.25) is 10.0 Å². The highest BCUT2D eigenvalue weighted by molar-refractivity contribution is 7.89. The van der Waals surface area contributed by atoms with Crippen molar-refractivity contribution in [3.63, 3.8) is 0 Å². The van der Waals surface area contributed by atoms with E-state index in [4.69, 9.17) is 4.74 Å². The van der Waals surface area contributed by atoms with E-state index in [1.165, 1.54) is 0 Å². The zero-order valence-electron chi connectivity index (χ0n) is 17.1. The molecule has 2 aromatic heterocycles. The summed E-state index contributed by atoms with van der Waals surface area (Å²) in [5.74, 6) is 0.893. The number of fused-ring (bicyclic) bond motifs is 1. The maximum atomic E-state index is 12.7. The Hall–Kier alpha value is -2.29. The Labute approximate surface area is 172 Å². The van der Waals surface area contributed by atoms with Gasteiger partial charge in [-0.1, -0.05) is 25.5 Å². The molecule has 0 fully saturated rings. The summed E-state index contributed by atoms with van der Waals surface area (Å²) in [7, 11) is -3.59. The number of benzene rings is 1. The Morgan fingerprint density at radius 3 is 2.62 bits per heavy atom. The molecule has 1 atom stereocenters. The summed E-state index contributed by atoms with van der Waals surface area (Å²) in [6.07, 6.45) is 5.11. The van der Waals surface area contributed by atoms with E-state index < -0.39 is 10.0 Å². The van der Waals surface area contributed by atoms with Gasteiger partial charge in [-0.3, -0.25) is 4.98 Å². The first-order valence-electron chi connectivity index (χ1n) is 9.90. The Bertz CT molecular complexity index is 1050. The van der Waals surface area contributed by atoms with Gasteiger partial charge in [0.05, 0.1) is 23.2 Å². The molecule has 0 saturated carbocycles. The first-order valence-corrected chi connectivity index (χ1v) is 11.4. The van der Waals surface area contributed by atoms with Gasteiger partial charge in [0.15, 0.2) is 0 Å². The molecule has 0 radical (unpaired) electrons. The molecule has 0 saturated heterocycles. The summed E-state index contributed by atoms with van der Waals surface area (Å²) in [6, 6.07) is 8.70. The molecule has 1 aromatic carbocycles. The van der Waals surface area contributed by atoms with Crippen LogP contribution in [-0.2, 0) is 21.3 Å². The molecular weight excluding hydrogens is 388 g/mol. The summed E-state index contributed by atoms with van der Waals surface area (Å²) in [5.41, 5.74) is 2.86. The number of aryl methyl sites for hydroxylation is 1. The first kappa shape index (κ1) is 21.4. The van der Waals surface area contributed by atoms with Crippen LogP contribution in [0, 0.1) is 6.92 Å². The lowest BCUT2D eigenvalue weighted by Gasteiger charge is -2.18. The maximum absolute atomic E-state index is 12.7. The van der Waals surface area contributed by atoms with Crippen molar-refractivity contribution in [2.75, 3.05) is 13.2 Å². The van der Waals surface area contributed by atoms with Crippen LogP contribution in [-0.4, -0.2) is 42.2 Å². The van der Waals surface area contributed by atoms with Crippen molar-refractivity contribution in [1.29, 1.82) is 0 Å². The number of pyridine rings is 1. The van der Waals surface area contributed by atoms with Crippen molar-refractivity contribution in [2.24, 2.45) is 0 Å². The molecule has 0 amide bonds. The fourth-order valence-electron chi connectivity index (χ4n) is 3.33. The summed E-state index contributed by atoms with van der Waals surface area (Å²) in [5, 5.41) is 0. The lowest BCUT2D eigenvalue weighted by molar-refractivity contribution is 0.126. The van der Waals surface area contributed by atoms with Crippen LogP contribution >= 0.6 is 0 Å². The van der Waals surface area contributed by atoms with Crippen LogP contribution in [0.5, 0.6) is 0 Å². The summed E-state index contributed by atoms with van der Waals surface area (Å²) < 4.78 is 35.8. The van der Waals surface area contributed by atoms with Crippen LogP contribution in [0.4, 0.5) is 0 Å². The van der Waals surface area contributed by atoms with Gasteiger partial charge in [0, 0.05) is 25.4 Å². The fraction of sp³-hybridized carbons (Fsp3) is 0.429. The average molecular weight is 417 g/mol. The Balaban J connectivity index is 1.75. The van der Waals surface area contributed by atoms with E-state index >= 15 is 0 Å². The molecule has 0 aliphatic rings. The van der Waals surface area contributed by atoms with Crippen molar-refractivity contribution in [3.8, 4) is 0 Å². The number of aromatic nitrogens is 3. The SMILES string of the molecule is CCCC(COCC)NS(=O)(=O)c1ccc(Cn2c(C)nc3cnccc32)cc1. The topological polar surface area (TPSA) is 86.1 Å². The number of ether oxygens (including phenoxy) is 1. The van der Waals surface area contributed by atoms with Crippen LogP contribution in [0.25, 0.3) is 11.0 Å². The summed E-state index contributed by atoms with van der Waals surface area (Å²) in [6.45, 7) is 7.44. The molecular formula is C21H28N4O3S. The molecule has 0 spiro atoms. The lowest BCUT2D eigenvalue weighted by atomic mass is 10.2. The Kier molecular flexibility index (Phi) is 7.00. The predicted molar refractivity (Wildman–Crippen MR) is 113 cm³/mol. The number of nitrogens with one attached hydrogen (secondary N) is 1. The minimum absolute atomic E-state index is 0.224. The molecule has 29 heavy (non-hydrogen) atoms. The van der Waals surface area contributed by atoms with Gasteiger partial charge >= 0.3 is 0 Å². The number of hydrogen-bond donors (Lipinski definition) is 1. The molecule has 3 aromatic rings. The van der Waals surface area contributed by atoms with Crippen LogP contribution in [0.2, 0.25) is 0 Å². The second-order valence-corrected chi connectivity index (χ2v) is 8.73. The van der Waals surface area contributed by atoms with Crippen LogP contribution in [0.15, 0.2) is 47.6 Å². The van der Waals surface area contributed by atoms with Crippen molar-refractivity contribution in [3.05, 3.63) is 54.1 Å². The van der Waals surface area contributed by atoms with Gasteiger partial charge < -0.3 is 9.30 Å². The smallest absolute Gasteiger partial charge is 0.240 e. The molecule has 7 nitrogen and oxygen atoms in total. The molecule has 0 bridgehead atoms. The third kappa shape index (κ3) is 5.20. The first-order chi connectivity index (χ1) is 13.9. The standard InChI is InChI=1S/C21H28N4O3S/c1-4-6-18(15-28-5-2)24-29(26,27)19-9-7-17(8-10-19)14-25-16(3)23-20-13-22-12-11-21(20)25/h7-13,18,24H,4-6,14-15H2,1-3H3. The molecule has 0 aliphatic heterocycles. The second-order valence-electron chi connectivity index (χ2n) is 7.02. The largest absolute Gasteiger partial charge is 0.380 e. The van der Waals surface area contributed by atoms with E-state index in [2.05, 4.69) is 19.3 Å². The van der Waals surface area contributed by atoms with Crippen molar-refractivity contribution in [2.45, 2.75) is 51.1 Å². The van der Waals surface area contributed by atoms with E-state index in [0.717, 1.165) is 35.3 Å². The maximum Gasteiger partial charge on any atom is 0.240 e. The number of nitrogens with zero attached hydrogens (tertiary/aromatic N) is 3. The molecule has 8 heteroatoms. The molecule has 0 aliphatic carbocycles. The Morgan fingerprint density at radius 2 is 1.93 bits per heavy atom. The van der Waals surface area contributed by atoms with Gasteiger partial charge in [-0.05, 0) is 44.0 Å². The number of rotatable bonds is 10. The highest BCUT2D eigenvalue weighted by Crippen LogP contribution is 2.18. The lowest BCUT2D eigenvalue weighted by Crippen LogP contribution is -2.38. The van der Waals surface area contributed by atoms with E-state index in [0.29, 0.717) is 19.8 Å². The van der Waals surface area contributed by atoms with Gasteiger partial charge in [0.25, 0.3) is 0 Å². The van der Waals surface area contributed by atoms with E-state index in [9.17, 15) is 8.42 Å². The number of hydrogen-bond acceptors (Lipinski definition) is 5. The zero-order valence-corrected chi connectivity index (χ0v) is 17.9. The normalized spacial score (nSPS) is 13.1. The second kappa shape index (κ2) is 9.47. The quantitative estimate of drug-likeness (QED) is 0.548. The third-order valence-electron chi connectivity index (χ3n) is 4.80. The molecule has 3 rings (SSSR count). The van der Waals surface area contributed by atoms with Crippen LogP contribution in [0.1, 0.15) is 38.1 Å². The highest BCUT2D eigenvalue weighted by atomic mass is 32.2. The van der Waals surface area contributed by atoms with Crippen molar-refractivity contribution < 1.29 is 13.2 Å². The monoisotopic (exact) mass is 416 g/mol. The predicted octanol–water partition coefficient (Wildman–Crippen LogP) is 3.27. The molecule has 1 N–H and O–H groups in total. The van der Waals surface area contributed by atoms with Crippen molar-refractivity contribution >= 4 is 21.1 Å². The zero-order chi connectivity index (χ0) is 20.9. The summed E-state index contributed by atoms with van der Waals surface area (Å²) in [4.78, 5) is 8.89. The van der Waals surface area contributed by atoms with Gasteiger partial charge in [0.1, 0.15) is 11.3 Å². The third-order valence-corrected chi connectivity index (χ3v) is 6.33. The molecule has 2 heterocycles. The van der Waals surface area contributed by atoms with Crippen LogP contribution < -0.4 is 4.72 Å². The van der Waals surface area contributed by atoms with Gasteiger partial charge in [-0.25, -0.2) is 18.1 Å². The van der Waals surface area contributed by atoms with E-state index in [1.54, 1.807) is 24.5 Å². The van der Waals surface area contributed by atoms with Gasteiger partial charge in [-0.2, -0.15) is 0 Å². The minimum atomic E-state index is -3.59. The van der Waals surface area contributed by atoms with Crippen molar-refractivity contribution in [1.82, 2.24) is 19.3 Å². The summed E-state index contributed by atoms with van der Waals surface area (Å²) >= 11 is 0. The van der Waals surface area contributed by atoms with E-state index in [1.807, 2.05) is 39.0 Å². The number of sulfonamides is 1. The minimum Gasteiger partial charge on any atom is -0.380 e. The van der Waals surface area contributed by atoms with E-state index in [-0.39, 0.29) is 10.9 Å². The number of imidazole rings is 1. The highest BCUT2D eigenvalue weighted by Gasteiger charge is 2.20. The molecule has 1 unspecified atom stereocenters. The van der Waals surface area contributed by atoms with Gasteiger partial charge in [-0.15, -0.1) is 0 Å². The molecule has 156 valence electrons. The fourth-order valence-corrected chi connectivity index (χ4v) is 4.59. The Morgan fingerprint density at radius 1 is 1.17 bits per heavy atom. The average Bonchev–Trinajstić information content (AvgIpc) is 3.02. The van der Waals surface area contributed by atoms with Crippen LogP contribution in [0.3, 0.4) is 0 Å².